The molecule has 23 heavy (non-hydrogen) atoms. The van der Waals surface area contributed by atoms with Gasteiger partial charge >= 0.3 is 0 Å². The van der Waals surface area contributed by atoms with Crippen LogP contribution in [0.15, 0.2) is 0 Å². The number of rotatable bonds is 16. The third-order valence-corrected chi connectivity index (χ3v) is 4.33. The molecular formula is C18H35ClN2O2. The van der Waals surface area contributed by atoms with Crippen molar-refractivity contribution in [1.29, 1.82) is 0 Å². The molecule has 0 aliphatic rings. The number of nitrogens with two attached hydrogens (primary N) is 1. The normalized spacial score (nSPS) is 12.1. The number of hydrogen-bond donors (Lipinski definition) is 2. The largest absolute Gasteiger partial charge is 0.345 e. The van der Waals surface area contributed by atoms with Crippen molar-refractivity contribution in [2.45, 2.75) is 96.4 Å². The molecule has 3 N–H and O–H groups in total. The van der Waals surface area contributed by atoms with Gasteiger partial charge in [-0.2, -0.15) is 0 Å². The molecule has 0 aliphatic heterocycles. The molecule has 0 aliphatic carbocycles. The van der Waals surface area contributed by atoms with Crippen LogP contribution in [0.3, 0.4) is 0 Å². The van der Waals surface area contributed by atoms with Crippen molar-refractivity contribution < 1.29 is 9.59 Å². The van der Waals surface area contributed by atoms with Gasteiger partial charge in [0.2, 0.25) is 11.1 Å². The predicted octanol–water partition coefficient (Wildman–Crippen LogP) is 4.29. The minimum Gasteiger partial charge on any atom is -0.345 e. The lowest BCUT2D eigenvalue weighted by atomic mass is 10.1. The SMILES string of the molecule is CCCCCCCCCCCC(=O)N[C@@H](CCCCN)C(=O)Cl. The Morgan fingerprint density at radius 1 is 0.913 bits per heavy atom. The highest BCUT2D eigenvalue weighted by atomic mass is 35.5. The first-order chi connectivity index (χ1) is 11.1. The Hall–Kier alpha value is -0.610. The molecule has 0 fully saturated rings. The lowest BCUT2D eigenvalue weighted by Crippen LogP contribution is -2.38. The minimum absolute atomic E-state index is 0.0697. The molecular weight excluding hydrogens is 312 g/mol. The molecule has 4 nitrogen and oxygen atoms in total. The quantitative estimate of drug-likeness (QED) is 0.323. The van der Waals surface area contributed by atoms with E-state index in [1.165, 1.54) is 44.9 Å². The summed E-state index contributed by atoms with van der Waals surface area (Å²) in [6, 6.07) is -0.561. The Balaban J connectivity index is 3.61. The molecule has 0 rings (SSSR count). The summed E-state index contributed by atoms with van der Waals surface area (Å²) in [4.78, 5) is 23.2. The van der Waals surface area contributed by atoms with Crippen LogP contribution < -0.4 is 11.1 Å². The summed E-state index contributed by atoms with van der Waals surface area (Å²) in [6.45, 7) is 2.82. The van der Waals surface area contributed by atoms with E-state index in [1.807, 2.05) is 0 Å². The number of unbranched alkanes of at least 4 members (excludes halogenated alkanes) is 9. The van der Waals surface area contributed by atoms with Crippen LogP contribution in [0, 0.1) is 0 Å². The van der Waals surface area contributed by atoms with E-state index in [9.17, 15) is 9.59 Å². The molecule has 5 heteroatoms. The van der Waals surface area contributed by atoms with Crippen molar-refractivity contribution >= 4 is 22.8 Å². The zero-order valence-electron chi connectivity index (χ0n) is 14.7. The first-order valence-corrected chi connectivity index (χ1v) is 9.68. The van der Waals surface area contributed by atoms with Crippen molar-refractivity contribution in [3.8, 4) is 0 Å². The molecule has 0 aromatic rings. The average Bonchev–Trinajstić information content (AvgIpc) is 2.52. The fourth-order valence-electron chi connectivity index (χ4n) is 2.60. The average molecular weight is 347 g/mol. The van der Waals surface area contributed by atoms with Crippen LogP contribution in [0.5, 0.6) is 0 Å². The van der Waals surface area contributed by atoms with Gasteiger partial charge in [-0.1, -0.05) is 58.3 Å². The highest BCUT2D eigenvalue weighted by Crippen LogP contribution is 2.11. The van der Waals surface area contributed by atoms with Crippen molar-refractivity contribution in [1.82, 2.24) is 5.32 Å². The van der Waals surface area contributed by atoms with E-state index in [0.717, 1.165) is 25.7 Å². The molecule has 0 bridgehead atoms. The molecule has 1 atom stereocenters. The molecule has 0 radical (unpaired) electrons. The number of nitrogens with one attached hydrogen (secondary N) is 1. The molecule has 0 unspecified atom stereocenters. The van der Waals surface area contributed by atoms with Gasteiger partial charge in [-0.25, -0.2) is 0 Å². The Kier molecular flexibility index (Phi) is 15.8. The lowest BCUT2D eigenvalue weighted by molar-refractivity contribution is -0.125. The summed E-state index contributed by atoms with van der Waals surface area (Å²) in [5.74, 6) is -0.0697. The Labute approximate surface area is 146 Å². The predicted molar refractivity (Wildman–Crippen MR) is 97.5 cm³/mol. The molecule has 0 aromatic heterocycles. The fraction of sp³-hybridized carbons (Fsp3) is 0.889. The fourth-order valence-corrected chi connectivity index (χ4v) is 2.76. The maximum absolute atomic E-state index is 11.9. The second kappa shape index (κ2) is 16.3. The zero-order chi connectivity index (χ0) is 17.3. The number of halogens is 1. The van der Waals surface area contributed by atoms with Crippen molar-refractivity contribution in [3.63, 3.8) is 0 Å². The van der Waals surface area contributed by atoms with Gasteiger partial charge in [0.25, 0.3) is 0 Å². The molecule has 0 saturated carbocycles. The molecule has 136 valence electrons. The van der Waals surface area contributed by atoms with Crippen molar-refractivity contribution in [3.05, 3.63) is 0 Å². The van der Waals surface area contributed by atoms with Gasteiger partial charge in [-0.05, 0) is 43.8 Å². The molecule has 1 amide bonds. The summed E-state index contributed by atoms with van der Waals surface area (Å²) < 4.78 is 0. The van der Waals surface area contributed by atoms with Crippen LogP contribution >= 0.6 is 11.6 Å². The van der Waals surface area contributed by atoms with Gasteiger partial charge in [-0.15, -0.1) is 0 Å². The summed E-state index contributed by atoms with van der Waals surface area (Å²) in [5, 5.41) is 2.26. The zero-order valence-corrected chi connectivity index (χ0v) is 15.5. The van der Waals surface area contributed by atoms with E-state index in [0.29, 0.717) is 19.4 Å². The van der Waals surface area contributed by atoms with E-state index in [-0.39, 0.29) is 5.91 Å². The standard InChI is InChI=1S/C18H35ClN2O2/c1-2-3-4-5-6-7-8-9-10-14-17(22)21-16(18(19)23)13-11-12-15-20/h16H,2-15,20H2,1H3,(H,21,22)/t16-/m0/s1. The van der Waals surface area contributed by atoms with Gasteiger partial charge in [0, 0.05) is 6.42 Å². The molecule has 0 spiro atoms. The third-order valence-electron chi connectivity index (χ3n) is 4.06. The molecule has 0 heterocycles. The van der Waals surface area contributed by atoms with Crippen molar-refractivity contribution in [2.24, 2.45) is 5.73 Å². The van der Waals surface area contributed by atoms with Crippen LogP contribution in [0.4, 0.5) is 0 Å². The molecule has 0 saturated heterocycles. The summed E-state index contributed by atoms with van der Waals surface area (Å²) in [7, 11) is 0. The summed E-state index contributed by atoms with van der Waals surface area (Å²) in [6.07, 6.45) is 13.7. The monoisotopic (exact) mass is 346 g/mol. The van der Waals surface area contributed by atoms with Crippen LogP contribution in [0.25, 0.3) is 0 Å². The Morgan fingerprint density at radius 2 is 1.48 bits per heavy atom. The van der Waals surface area contributed by atoms with Crippen LogP contribution in [-0.4, -0.2) is 23.7 Å². The van der Waals surface area contributed by atoms with Gasteiger partial charge in [0.05, 0.1) is 0 Å². The van der Waals surface area contributed by atoms with Crippen molar-refractivity contribution in [2.75, 3.05) is 6.54 Å². The van der Waals surface area contributed by atoms with Gasteiger partial charge < -0.3 is 11.1 Å². The summed E-state index contributed by atoms with van der Waals surface area (Å²) >= 11 is 5.54. The maximum atomic E-state index is 11.9. The number of hydrogen-bond acceptors (Lipinski definition) is 3. The number of amides is 1. The second-order valence-corrected chi connectivity index (χ2v) is 6.66. The van der Waals surface area contributed by atoms with E-state index in [4.69, 9.17) is 17.3 Å². The van der Waals surface area contributed by atoms with Gasteiger partial charge in [0.1, 0.15) is 6.04 Å². The number of carbonyl (C=O) groups is 2. The molecule has 0 aromatic carbocycles. The first-order valence-electron chi connectivity index (χ1n) is 9.30. The minimum atomic E-state index is -0.561. The first kappa shape index (κ1) is 22.4. The number of carbonyl (C=O) groups excluding carboxylic acids is 2. The van der Waals surface area contributed by atoms with E-state index in [1.54, 1.807) is 0 Å². The van der Waals surface area contributed by atoms with Gasteiger partial charge in [0.15, 0.2) is 0 Å². The van der Waals surface area contributed by atoms with Crippen LogP contribution in [0.2, 0.25) is 0 Å². The van der Waals surface area contributed by atoms with Crippen LogP contribution in [0.1, 0.15) is 90.4 Å². The highest BCUT2D eigenvalue weighted by molar-refractivity contribution is 6.64. The second-order valence-electron chi connectivity index (χ2n) is 6.29. The Morgan fingerprint density at radius 3 is 2.00 bits per heavy atom. The van der Waals surface area contributed by atoms with E-state index >= 15 is 0 Å². The maximum Gasteiger partial charge on any atom is 0.243 e. The topological polar surface area (TPSA) is 72.2 Å². The highest BCUT2D eigenvalue weighted by Gasteiger charge is 2.17. The van der Waals surface area contributed by atoms with E-state index < -0.39 is 11.3 Å². The van der Waals surface area contributed by atoms with Crippen LogP contribution in [-0.2, 0) is 9.59 Å². The van der Waals surface area contributed by atoms with E-state index in [2.05, 4.69) is 12.2 Å². The summed E-state index contributed by atoms with van der Waals surface area (Å²) in [5.41, 5.74) is 5.43. The smallest absolute Gasteiger partial charge is 0.243 e. The Bertz CT molecular complexity index is 311. The lowest BCUT2D eigenvalue weighted by Gasteiger charge is -2.14. The third kappa shape index (κ3) is 14.7. The van der Waals surface area contributed by atoms with Gasteiger partial charge in [-0.3, -0.25) is 9.59 Å².